The van der Waals surface area contributed by atoms with Crippen LogP contribution in [0, 0.1) is 0 Å². The van der Waals surface area contributed by atoms with Gasteiger partial charge in [-0.3, -0.25) is 0 Å². The van der Waals surface area contributed by atoms with Crippen LogP contribution in [0.15, 0.2) is 18.2 Å². The van der Waals surface area contributed by atoms with Crippen molar-refractivity contribution in [1.29, 1.82) is 0 Å². The summed E-state index contributed by atoms with van der Waals surface area (Å²) < 4.78 is 15.7. The van der Waals surface area contributed by atoms with Crippen molar-refractivity contribution >= 4 is 11.6 Å². The van der Waals surface area contributed by atoms with E-state index in [1.54, 1.807) is 7.11 Å². The van der Waals surface area contributed by atoms with Crippen molar-refractivity contribution in [2.24, 2.45) is 0 Å². The van der Waals surface area contributed by atoms with Crippen LogP contribution < -0.4 is 10.1 Å². The topological polar surface area (TPSA) is 39.7 Å². The normalized spacial score (nSPS) is 10.6. The summed E-state index contributed by atoms with van der Waals surface area (Å²) in [5, 5.41) is 3.95. The molecule has 0 aliphatic rings. The molecule has 0 amide bonds. The van der Waals surface area contributed by atoms with Crippen LogP contribution in [0.2, 0.25) is 5.02 Å². The third-order valence-corrected chi connectivity index (χ3v) is 2.56. The van der Waals surface area contributed by atoms with Crippen molar-refractivity contribution in [2.75, 3.05) is 33.7 Å². The van der Waals surface area contributed by atoms with Gasteiger partial charge in [0.2, 0.25) is 0 Å². The Morgan fingerprint density at radius 1 is 1.33 bits per heavy atom. The minimum absolute atomic E-state index is 0.253. The molecule has 1 N–H and O–H groups in total. The number of rotatable bonds is 9. The maximum absolute atomic E-state index is 5.98. The van der Waals surface area contributed by atoms with E-state index in [1.807, 2.05) is 25.1 Å². The number of benzene rings is 1. The van der Waals surface area contributed by atoms with E-state index in [9.17, 15) is 0 Å². The number of nitrogens with one attached hydrogen (secondary N) is 1. The number of hydrogen-bond donors (Lipinski definition) is 1. The quantitative estimate of drug-likeness (QED) is 0.554. The molecule has 0 fully saturated rings. The molecule has 4 nitrogen and oxygen atoms in total. The molecule has 0 unspecified atom stereocenters. The molecule has 0 radical (unpaired) electrons. The first-order valence-corrected chi connectivity index (χ1v) is 6.34. The Bertz CT molecular complexity index is 347. The van der Waals surface area contributed by atoms with Gasteiger partial charge in [-0.15, -0.1) is 0 Å². The summed E-state index contributed by atoms with van der Waals surface area (Å²) in [5.74, 6) is 0.790. The largest absolute Gasteiger partial charge is 0.467 e. The van der Waals surface area contributed by atoms with Crippen LogP contribution in [0.1, 0.15) is 12.5 Å². The van der Waals surface area contributed by atoms with Gasteiger partial charge >= 0.3 is 0 Å². The summed E-state index contributed by atoms with van der Waals surface area (Å²) in [6, 6.07) is 5.55. The van der Waals surface area contributed by atoms with Crippen molar-refractivity contribution in [2.45, 2.75) is 13.5 Å². The monoisotopic (exact) mass is 273 g/mol. The fourth-order valence-electron chi connectivity index (χ4n) is 1.41. The van der Waals surface area contributed by atoms with Gasteiger partial charge in [0, 0.05) is 37.4 Å². The van der Waals surface area contributed by atoms with Crippen LogP contribution in [0.5, 0.6) is 5.75 Å². The molecule has 1 aromatic rings. The average Bonchev–Trinajstić information content (AvgIpc) is 2.37. The lowest BCUT2D eigenvalue weighted by molar-refractivity contribution is 0.0218. The van der Waals surface area contributed by atoms with Crippen molar-refractivity contribution in [3.05, 3.63) is 28.8 Å². The van der Waals surface area contributed by atoms with Gasteiger partial charge in [-0.05, 0) is 25.1 Å². The van der Waals surface area contributed by atoms with Crippen molar-refractivity contribution in [1.82, 2.24) is 5.32 Å². The predicted octanol–water partition coefficient (Wildman–Crippen LogP) is 2.45. The summed E-state index contributed by atoms with van der Waals surface area (Å²) in [6.07, 6.45) is 0. The highest BCUT2D eigenvalue weighted by atomic mass is 35.5. The number of methoxy groups -OCH3 is 1. The summed E-state index contributed by atoms with van der Waals surface area (Å²) >= 11 is 5.98. The van der Waals surface area contributed by atoms with Gasteiger partial charge < -0.3 is 19.5 Å². The summed E-state index contributed by atoms with van der Waals surface area (Å²) in [7, 11) is 1.68. The Labute approximate surface area is 113 Å². The minimum atomic E-state index is 0.253. The molecule has 18 heavy (non-hydrogen) atoms. The van der Waals surface area contributed by atoms with Gasteiger partial charge in [-0.25, -0.2) is 0 Å². The summed E-state index contributed by atoms with van der Waals surface area (Å²) in [6.45, 7) is 4.96. The molecule has 0 aliphatic heterocycles. The highest BCUT2D eigenvalue weighted by molar-refractivity contribution is 6.30. The van der Waals surface area contributed by atoms with Crippen LogP contribution in [0.3, 0.4) is 0 Å². The van der Waals surface area contributed by atoms with Gasteiger partial charge in [0.1, 0.15) is 5.75 Å². The second-order valence-corrected chi connectivity index (χ2v) is 4.11. The Kier molecular flexibility index (Phi) is 7.76. The minimum Gasteiger partial charge on any atom is -0.467 e. The Hall–Kier alpha value is -0.810. The fourth-order valence-corrected chi connectivity index (χ4v) is 1.61. The van der Waals surface area contributed by atoms with E-state index in [2.05, 4.69) is 5.32 Å². The fraction of sp³-hybridized carbons (Fsp3) is 0.538. The van der Waals surface area contributed by atoms with E-state index in [-0.39, 0.29) is 6.79 Å². The first-order valence-electron chi connectivity index (χ1n) is 5.96. The Morgan fingerprint density at radius 2 is 2.17 bits per heavy atom. The number of hydrogen-bond acceptors (Lipinski definition) is 4. The van der Waals surface area contributed by atoms with Crippen LogP contribution in [0.25, 0.3) is 0 Å². The van der Waals surface area contributed by atoms with E-state index >= 15 is 0 Å². The van der Waals surface area contributed by atoms with Gasteiger partial charge in [0.25, 0.3) is 0 Å². The lowest BCUT2D eigenvalue weighted by atomic mass is 10.2. The van der Waals surface area contributed by atoms with E-state index in [0.717, 1.165) is 17.9 Å². The molecular formula is C13H20ClNO3. The predicted molar refractivity (Wildman–Crippen MR) is 72.2 cm³/mol. The van der Waals surface area contributed by atoms with Crippen molar-refractivity contribution in [3.8, 4) is 5.75 Å². The molecule has 0 bridgehead atoms. The summed E-state index contributed by atoms with van der Waals surface area (Å²) in [5.41, 5.74) is 1.01. The third-order valence-electron chi connectivity index (χ3n) is 2.32. The van der Waals surface area contributed by atoms with Crippen LogP contribution in [-0.4, -0.2) is 33.7 Å². The maximum Gasteiger partial charge on any atom is 0.189 e. The molecule has 1 aromatic carbocycles. The molecule has 1 rings (SSSR count). The molecule has 5 heteroatoms. The number of halogens is 1. The Balaban J connectivity index is 2.53. The molecule has 0 spiro atoms. The molecule has 0 saturated carbocycles. The van der Waals surface area contributed by atoms with E-state index in [0.29, 0.717) is 24.8 Å². The second kappa shape index (κ2) is 9.16. The van der Waals surface area contributed by atoms with Crippen molar-refractivity contribution in [3.63, 3.8) is 0 Å². The first-order chi connectivity index (χ1) is 8.77. The van der Waals surface area contributed by atoms with Crippen LogP contribution in [-0.2, 0) is 16.0 Å². The van der Waals surface area contributed by atoms with Gasteiger partial charge in [0.05, 0.1) is 6.61 Å². The lowest BCUT2D eigenvalue weighted by Crippen LogP contribution is -2.19. The molecule has 0 aliphatic carbocycles. The Morgan fingerprint density at radius 3 is 2.89 bits per heavy atom. The molecule has 0 aromatic heterocycles. The second-order valence-electron chi connectivity index (χ2n) is 3.68. The van der Waals surface area contributed by atoms with E-state index in [4.69, 9.17) is 25.8 Å². The molecule has 0 saturated heterocycles. The molecule has 0 atom stereocenters. The molecular weight excluding hydrogens is 254 g/mol. The zero-order chi connectivity index (χ0) is 13.2. The zero-order valence-electron chi connectivity index (χ0n) is 10.9. The lowest BCUT2D eigenvalue weighted by Gasteiger charge is -2.12. The summed E-state index contributed by atoms with van der Waals surface area (Å²) in [4.78, 5) is 0. The van der Waals surface area contributed by atoms with Crippen LogP contribution in [0.4, 0.5) is 0 Å². The smallest absolute Gasteiger partial charge is 0.189 e. The van der Waals surface area contributed by atoms with E-state index in [1.165, 1.54) is 0 Å². The number of ether oxygens (including phenoxy) is 3. The third kappa shape index (κ3) is 5.69. The highest BCUT2D eigenvalue weighted by Crippen LogP contribution is 2.22. The highest BCUT2D eigenvalue weighted by Gasteiger charge is 2.04. The van der Waals surface area contributed by atoms with Crippen LogP contribution >= 0.6 is 11.6 Å². The SMILES string of the molecule is CCOCOc1ccc(Cl)cc1CNCCOC. The standard InChI is InChI=1S/C13H20ClNO3/c1-3-17-10-18-13-5-4-12(14)8-11(13)9-15-6-7-16-2/h4-5,8,15H,3,6-7,9-10H2,1-2H3. The van der Waals surface area contributed by atoms with Gasteiger partial charge in [-0.1, -0.05) is 11.6 Å². The zero-order valence-corrected chi connectivity index (χ0v) is 11.6. The van der Waals surface area contributed by atoms with E-state index < -0.39 is 0 Å². The van der Waals surface area contributed by atoms with Gasteiger partial charge in [0.15, 0.2) is 6.79 Å². The van der Waals surface area contributed by atoms with Crippen molar-refractivity contribution < 1.29 is 14.2 Å². The molecule has 102 valence electrons. The average molecular weight is 274 g/mol. The molecule has 0 heterocycles. The first kappa shape index (κ1) is 15.2. The van der Waals surface area contributed by atoms with Gasteiger partial charge in [-0.2, -0.15) is 0 Å². The maximum atomic E-state index is 5.98.